The second kappa shape index (κ2) is 9.38. The molecule has 2 aromatic carbocycles. The molecule has 1 aliphatic heterocycles. The Morgan fingerprint density at radius 3 is 2.38 bits per heavy atom. The lowest BCUT2D eigenvalue weighted by atomic mass is 10.2. The number of anilines is 1. The van der Waals surface area contributed by atoms with E-state index in [2.05, 4.69) is 39.4 Å². The molecule has 4 nitrogen and oxygen atoms in total. The molecule has 0 atom stereocenters. The first-order chi connectivity index (χ1) is 12.6. The summed E-state index contributed by atoms with van der Waals surface area (Å²) >= 11 is 12.0. The molecule has 0 aliphatic carbocycles. The fourth-order valence-corrected chi connectivity index (χ4v) is 3.42. The monoisotopic (exact) mass is 391 g/mol. The van der Waals surface area contributed by atoms with Crippen molar-refractivity contribution in [3.05, 3.63) is 64.1 Å². The molecule has 0 saturated carbocycles. The number of piperazine rings is 1. The predicted octanol–water partition coefficient (Wildman–Crippen LogP) is 4.14. The van der Waals surface area contributed by atoms with Gasteiger partial charge in [0, 0.05) is 50.7 Å². The number of amides is 1. The van der Waals surface area contributed by atoms with Crippen LogP contribution in [-0.4, -0.2) is 48.4 Å². The molecular weight excluding hydrogens is 369 g/mol. The van der Waals surface area contributed by atoms with Gasteiger partial charge in [-0.1, -0.05) is 53.5 Å². The van der Waals surface area contributed by atoms with Crippen LogP contribution in [0.3, 0.4) is 0 Å². The van der Waals surface area contributed by atoms with Gasteiger partial charge in [-0.05, 0) is 23.8 Å². The quantitative estimate of drug-likeness (QED) is 0.803. The molecule has 0 aromatic heterocycles. The van der Waals surface area contributed by atoms with E-state index in [1.165, 1.54) is 5.56 Å². The Balaban J connectivity index is 1.39. The van der Waals surface area contributed by atoms with E-state index in [9.17, 15) is 4.79 Å². The van der Waals surface area contributed by atoms with Crippen LogP contribution < -0.4 is 5.32 Å². The summed E-state index contributed by atoms with van der Waals surface area (Å²) in [5.41, 5.74) is 1.91. The smallest absolute Gasteiger partial charge is 0.225 e. The van der Waals surface area contributed by atoms with E-state index in [0.717, 1.165) is 39.3 Å². The topological polar surface area (TPSA) is 35.6 Å². The maximum atomic E-state index is 12.2. The first kappa shape index (κ1) is 19.2. The van der Waals surface area contributed by atoms with Crippen molar-refractivity contribution in [2.45, 2.75) is 13.0 Å². The fraction of sp³-hybridized carbons (Fsp3) is 0.350. The third-order valence-electron chi connectivity index (χ3n) is 4.57. The van der Waals surface area contributed by atoms with Gasteiger partial charge in [-0.2, -0.15) is 0 Å². The van der Waals surface area contributed by atoms with E-state index in [1.807, 2.05) is 6.07 Å². The molecule has 1 fully saturated rings. The van der Waals surface area contributed by atoms with Gasteiger partial charge in [0.1, 0.15) is 0 Å². The molecule has 0 radical (unpaired) electrons. The number of halogens is 2. The van der Waals surface area contributed by atoms with Gasteiger partial charge in [-0.15, -0.1) is 0 Å². The average molecular weight is 392 g/mol. The molecule has 26 heavy (non-hydrogen) atoms. The van der Waals surface area contributed by atoms with Gasteiger partial charge in [-0.3, -0.25) is 9.69 Å². The third kappa shape index (κ3) is 5.71. The van der Waals surface area contributed by atoms with Crippen LogP contribution in [0.4, 0.5) is 5.69 Å². The van der Waals surface area contributed by atoms with Crippen molar-refractivity contribution in [1.29, 1.82) is 0 Å². The SMILES string of the molecule is O=C(CCN1CCN(Cc2ccccc2)CC1)Nc1cc(Cl)ccc1Cl. The maximum absolute atomic E-state index is 12.2. The molecule has 3 rings (SSSR count). The lowest BCUT2D eigenvalue weighted by molar-refractivity contribution is -0.116. The summed E-state index contributed by atoms with van der Waals surface area (Å²) in [6.07, 6.45) is 0.446. The van der Waals surface area contributed by atoms with Crippen LogP contribution in [-0.2, 0) is 11.3 Å². The Labute approximate surface area is 164 Å². The van der Waals surface area contributed by atoms with Crippen molar-refractivity contribution >= 4 is 34.8 Å². The molecule has 1 heterocycles. The molecule has 0 unspecified atom stereocenters. The third-order valence-corrected chi connectivity index (χ3v) is 5.14. The van der Waals surface area contributed by atoms with Crippen LogP contribution in [0.5, 0.6) is 0 Å². The molecule has 1 saturated heterocycles. The summed E-state index contributed by atoms with van der Waals surface area (Å²) in [6, 6.07) is 15.6. The Hall–Kier alpha value is -1.59. The van der Waals surface area contributed by atoms with Gasteiger partial charge in [0.2, 0.25) is 5.91 Å². The average Bonchev–Trinajstić information content (AvgIpc) is 2.65. The molecule has 1 N–H and O–H groups in total. The van der Waals surface area contributed by atoms with Crippen molar-refractivity contribution in [2.75, 3.05) is 38.0 Å². The van der Waals surface area contributed by atoms with Crippen LogP contribution in [0.2, 0.25) is 10.0 Å². The van der Waals surface area contributed by atoms with E-state index >= 15 is 0 Å². The van der Waals surface area contributed by atoms with Crippen molar-refractivity contribution in [3.8, 4) is 0 Å². The number of nitrogens with zero attached hydrogens (tertiary/aromatic N) is 2. The van der Waals surface area contributed by atoms with Crippen molar-refractivity contribution in [1.82, 2.24) is 9.80 Å². The Bertz CT molecular complexity index is 731. The van der Waals surface area contributed by atoms with E-state index in [4.69, 9.17) is 23.2 Å². The number of carbonyl (C=O) groups is 1. The minimum Gasteiger partial charge on any atom is -0.325 e. The second-order valence-corrected chi connectivity index (χ2v) is 7.37. The molecule has 0 spiro atoms. The molecule has 6 heteroatoms. The highest BCUT2D eigenvalue weighted by atomic mass is 35.5. The van der Waals surface area contributed by atoms with Crippen LogP contribution >= 0.6 is 23.2 Å². The van der Waals surface area contributed by atoms with Crippen LogP contribution in [0.1, 0.15) is 12.0 Å². The standard InChI is InChI=1S/C20H23Cl2N3O/c21-17-6-7-18(22)19(14-17)23-20(26)8-9-24-10-12-25(13-11-24)15-16-4-2-1-3-5-16/h1-7,14H,8-13,15H2,(H,23,26). The summed E-state index contributed by atoms with van der Waals surface area (Å²) in [5, 5.41) is 3.89. The zero-order valence-electron chi connectivity index (χ0n) is 14.6. The maximum Gasteiger partial charge on any atom is 0.225 e. The number of benzene rings is 2. The van der Waals surface area contributed by atoms with Gasteiger partial charge in [0.15, 0.2) is 0 Å². The van der Waals surface area contributed by atoms with E-state index in [-0.39, 0.29) is 5.91 Å². The zero-order valence-corrected chi connectivity index (χ0v) is 16.1. The van der Waals surface area contributed by atoms with Crippen LogP contribution in [0.15, 0.2) is 48.5 Å². The van der Waals surface area contributed by atoms with Gasteiger partial charge in [-0.25, -0.2) is 0 Å². The second-order valence-electron chi connectivity index (χ2n) is 6.53. The van der Waals surface area contributed by atoms with Crippen molar-refractivity contribution < 1.29 is 4.79 Å². The first-order valence-corrected chi connectivity index (χ1v) is 9.59. The number of rotatable bonds is 6. The minimum absolute atomic E-state index is 0.0409. The number of carbonyl (C=O) groups excluding carboxylic acids is 1. The summed E-state index contributed by atoms with van der Waals surface area (Å²) in [7, 11) is 0. The van der Waals surface area contributed by atoms with Gasteiger partial charge in [0.25, 0.3) is 0 Å². The molecule has 1 aliphatic rings. The molecule has 1 amide bonds. The van der Waals surface area contributed by atoms with E-state index in [1.54, 1.807) is 18.2 Å². The molecule has 2 aromatic rings. The van der Waals surface area contributed by atoms with E-state index < -0.39 is 0 Å². The van der Waals surface area contributed by atoms with Crippen molar-refractivity contribution in [2.24, 2.45) is 0 Å². The summed E-state index contributed by atoms with van der Waals surface area (Å²) in [6.45, 7) is 5.76. The lowest BCUT2D eigenvalue weighted by Gasteiger charge is -2.34. The highest BCUT2D eigenvalue weighted by molar-refractivity contribution is 6.35. The van der Waals surface area contributed by atoms with Crippen LogP contribution in [0.25, 0.3) is 0 Å². The Kier molecular flexibility index (Phi) is 6.92. The normalized spacial score (nSPS) is 15.8. The molecule has 138 valence electrons. The fourth-order valence-electron chi connectivity index (χ4n) is 3.08. The summed E-state index contributed by atoms with van der Waals surface area (Å²) in [4.78, 5) is 17.0. The highest BCUT2D eigenvalue weighted by Crippen LogP contribution is 2.25. The van der Waals surface area contributed by atoms with Gasteiger partial charge >= 0.3 is 0 Å². The van der Waals surface area contributed by atoms with E-state index in [0.29, 0.717) is 22.2 Å². The highest BCUT2D eigenvalue weighted by Gasteiger charge is 2.17. The number of hydrogen-bond donors (Lipinski definition) is 1. The van der Waals surface area contributed by atoms with Gasteiger partial charge in [0.05, 0.1) is 10.7 Å². The predicted molar refractivity (Wildman–Crippen MR) is 108 cm³/mol. The largest absolute Gasteiger partial charge is 0.325 e. The summed E-state index contributed by atoms with van der Waals surface area (Å²) < 4.78 is 0. The van der Waals surface area contributed by atoms with Crippen molar-refractivity contribution in [3.63, 3.8) is 0 Å². The molecular formula is C20H23Cl2N3O. The lowest BCUT2D eigenvalue weighted by Crippen LogP contribution is -2.46. The van der Waals surface area contributed by atoms with Gasteiger partial charge < -0.3 is 10.2 Å². The number of hydrogen-bond acceptors (Lipinski definition) is 3. The number of nitrogens with one attached hydrogen (secondary N) is 1. The summed E-state index contributed by atoms with van der Waals surface area (Å²) in [5.74, 6) is -0.0409. The first-order valence-electron chi connectivity index (χ1n) is 8.84. The Morgan fingerprint density at radius 2 is 1.65 bits per heavy atom. The van der Waals surface area contributed by atoms with Crippen LogP contribution in [0, 0.1) is 0 Å². The molecule has 0 bridgehead atoms. The minimum atomic E-state index is -0.0409. The Morgan fingerprint density at radius 1 is 0.962 bits per heavy atom. The zero-order chi connectivity index (χ0) is 18.4.